The van der Waals surface area contributed by atoms with Gasteiger partial charge in [0.05, 0.1) is 10.2 Å². The molecule has 1 aliphatic rings. The summed E-state index contributed by atoms with van der Waals surface area (Å²) in [5.41, 5.74) is -1.16. The monoisotopic (exact) mass is 272 g/mol. The molecule has 3 rings (SSSR count). The van der Waals surface area contributed by atoms with Crippen molar-refractivity contribution in [2.45, 2.75) is 18.0 Å². The van der Waals surface area contributed by atoms with E-state index >= 15 is 0 Å². The fourth-order valence-electron chi connectivity index (χ4n) is 2.31. The topological polar surface area (TPSA) is 24.9 Å². The van der Waals surface area contributed by atoms with Gasteiger partial charge in [0, 0.05) is 6.54 Å². The molecule has 0 amide bonds. The van der Waals surface area contributed by atoms with Crippen molar-refractivity contribution in [2.24, 2.45) is 0 Å². The van der Waals surface area contributed by atoms with Gasteiger partial charge in [-0.1, -0.05) is 12.1 Å². The molecule has 96 valence electrons. The average Bonchev–Trinajstić information content (AvgIpc) is 2.95. The van der Waals surface area contributed by atoms with Crippen molar-refractivity contribution >= 4 is 21.6 Å². The predicted octanol–water partition coefficient (Wildman–Crippen LogP) is 3.09. The minimum atomic E-state index is -4.26. The number of alkyl halides is 3. The van der Waals surface area contributed by atoms with E-state index in [0.29, 0.717) is 12.1 Å². The van der Waals surface area contributed by atoms with Crippen molar-refractivity contribution < 1.29 is 13.2 Å². The Morgan fingerprint density at radius 1 is 1.28 bits per heavy atom. The van der Waals surface area contributed by atoms with Gasteiger partial charge >= 0.3 is 6.18 Å². The lowest BCUT2D eigenvalue weighted by atomic mass is 9.87. The first-order valence-electron chi connectivity index (χ1n) is 5.66. The summed E-state index contributed by atoms with van der Waals surface area (Å²) in [6.07, 6.45) is -4.19. The molecule has 1 aromatic carbocycles. The van der Waals surface area contributed by atoms with Crippen LogP contribution in [0.15, 0.2) is 24.3 Å². The zero-order valence-electron chi connectivity index (χ0n) is 9.42. The van der Waals surface area contributed by atoms with Gasteiger partial charge in [-0.3, -0.25) is 0 Å². The van der Waals surface area contributed by atoms with Gasteiger partial charge in [0.25, 0.3) is 0 Å². The molecular weight excluding hydrogens is 261 g/mol. The summed E-state index contributed by atoms with van der Waals surface area (Å²) in [6, 6.07) is 7.17. The van der Waals surface area contributed by atoms with Crippen LogP contribution in [0.5, 0.6) is 0 Å². The number of rotatable bonds is 1. The Labute approximate surface area is 106 Å². The summed E-state index contributed by atoms with van der Waals surface area (Å²) >= 11 is 1.15. The van der Waals surface area contributed by atoms with Crippen molar-refractivity contribution in [1.82, 2.24) is 10.3 Å². The van der Waals surface area contributed by atoms with Crippen molar-refractivity contribution in [2.75, 3.05) is 13.1 Å². The number of hydrogen-bond donors (Lipinski definition) is 1. The number of nitrogens with zero attached hydrogens (tertiary/aromatic N) is 1. The van der Waals surface area contributed by atoms with E-state index in [9.17, 15) is 13.2 Å². The first kappa shape index (κ1) is 11.9. The lowest BCUT2D eigenvalue weighted by Crippen LogP contribution is -2.44. The molecule has 1 saturated heterocycles. The van der Waals surface area contributed by atoms with Gasteiger partial charge in [-0.25, -0.2) is 4.98 Å². The number of nitrogens with one attached hydrogen (secondary N) is 1. The fourth-order valence-corrected chi connectivity index (χ4v) is 3.52. The molecule has 6 heteroatoms. The molecule has 2 heterocycles. The molecule has 2 nitrogen and oxygen atoms in total. The molecule has 1 aromatic heterocycles. The number of fused-ring (bicyclic) bond motifs is 1. The van der Waals surface area contributed by atoms with Crippen LogP contribution in [0, 0.1) is 0 Å². The number of hydrogen-bond acceptors (Lipinski definition) is 3. The highest BCUT2D eigenvalue weighted by atomic mass is 32.1. The van der Waals surface area contributed by atoms with Crippen molar-refractivity contribution in [3.8, 4) is 0 Å². The minimum absolute atomic E-state index is 0.0658. The highest BCUT2D eigenvalue weighted by Gasteiger charge is 2.59. The maximum atomic E-state index is 13.4. The first-order valence-corrected chi connectivity index (χ1v) is 6.48. The van der Waals surface area contributed by atoms with Crippen molar-refractivity contribution in [3.05, 3.63) is 29.3 Å². The summed E-state index contributed by atoms with van der Waals surface area (Å²) in [6.45, 7) is 0.311. The summed E-state index contributed by atoms with van der Waals surface area (Å²) in [5, 5.41) is 2.99. The Bertz CT molecular complexity index is 537. The van der Waals surface area contributed by atoms with E-state index in [0.717, 1.165) is 16.0 Å². The molecule has 18 heavy (non-hydrogen) atoms. The van der Waals surface area contributed by atoms with Gasteiger partial charge in [-0.05, 0) is 25.1 Å². The van der Waals surface area contributed by atoms with Gasteiger partial charge in [0.1, 0.15) is 10.4 Å². The molecule has 2 aromatic rings. The van der Waals surface area contributed by atoms with Crippen molar-refractivity contribution in [3.63, 3.8) is 0 Å². The molecule has 1 N–H and O–H groups in total. The van der Waals surface area contributed by atoms with Crippen LogP contribution in [-0.4, -0.2) is 24.2 Å². The smallest absolute Gasteiger partial charge is 0.315 e. The summed E-state index contributed by atoms with van der Waals surface area (Å²) in [5.74, 6) is 0. The second kappa shape index (κ2) is 3.93. The maximum absolute atomic E-state index is 13.4. The van der Waals surface area contributed by atoms with Crippen LogP contribution in [0.3, 0.4) is 0 Å². The number of para-hydroxylation sites is 1. The third-order valence-corrected chi connectivity index (χ3v) is 4.64. The zero-order valence-corrected chi connectivity index (χ0v) is 10.2. The summed E-state index contributed by atoms with van der Waals surface area (Å²) < 4.78 is 40.9. The molecule has 1 unspecified atom stereocenters. The van der Waals surface area contributed by atoms with Gasteiger partial charge in [0.2, 0.25) is 0 Å². The largest absolute Gasteiger partial charge is 0.402 e. The standard InChI is InChI=1S/C12H11F3N2S/c13-12(14,15)11(5-6-16-7-11)10-17-8-3-1-2-4-9(8)18-10/h1-4,16H,5-7H2. The number of thiazole rings is 1. The first-order chi connectivity index (χ1) is 8.53. The van der Waals surface area contributed by atoms with E-state index in [1.54, 1.807) is 12.1 Å². The van der Waals surface area contributed by atoms with Crippen LogP contribution in [-0.2, 0) is 5.41 Å². The second-order valence-corrected chi connectivity index (χ2v) is 5.52. The number of aromatic nitrogens is 1. The van der Waals surface area contributed by atoms with E-state index in [4.69, 9.17) is 0 Å². The Morgan fingerprint density at radius 2 is 2.06 bits per heavy atom. The third-order valence-electron chi connectivity index (χ3n) is 3.40. The Kier molecular flexibility index (Phi) is 2.60. The second-order valence-electron chi connectivity index (χ2n) is 4.49. The van der Waals surface area contributed by atoms with E-state index in [1.165, 1.54) is 0 Å². The van der Waals surface area contributed by atoms with Crippen LogP contribution >= 0.6 is 11.3 Å². The van der Waals surface area contributed by atoms with Crippen LogP contribution in [0.4, 0.5) is 13.2 Å². The Balaban J connectivity index is 2.16. The maximum Gasteiger partial charge on any atom is 0.402 e. The van der Waals surface area contributed by atoms with Gasteiger partial charge < -0.3 is 5.32 Å². The molecule has 0 saturated carbocycles. The highest BCUT2D eigenvalue weighted by molar-refractivity contribution is 7.18. The number of halogens is 3. The molecule has 1 aliphatic heterocycles. The Hall–Kier alpha value is -1.14. The SMILES string of the molecule is FC(F)(F)C1(c2nc3ccccc3s2)CCNC1. The highest BCUT2D eigenvalue weighted by Crippen LogP contribution is 2.47. The summed E-state index contributed by atoms with van der Waals surface area (Å²) in [4.78, 5) is 4.19. The van der Waals surface area contributed by atoms with E-state index in [1.807, 2.05) is 12.1 Å². The molecule has 0 aliphatic carbocycles. The lowest BCUT2D eigenvalue weighted by molar-refractivity contribution is -0.184. The fraction of sp³-hybridized carbons (Fsp3) is 0.417. The van der Waals surface area contributed by atoms with Crippen LogP contribution in [0.25, 0.3) is 10.2 Å². The van der Waals surface area contributed by atoms with E-state index in [2.05, 4.69) is 10.3 Å². The van der Waals surface area contributed by atoms with Crippen LogP contribution in [0.1, 0.15) is 11.4 Å². The van der Waals surface area contributed by atoms with Crippen LogP contribution in [0.2, 0.25) is 0 Å². The van der Waals surface area contributed by atoms with Gasteiger partial charge in [-0.15, -0.1) is 11.3 Å². The van der Waals surface area contributed by atoms with E-state index in [-0.39, 0.29) is 18.0 Å². The van der Waals surface area contributed by atoms with Gasteiger partial charge in [0.15, 0.2) is 0 Å². The molecule has 0 spiro atoms. The lowest BCUT2D eigenvalue weighted by Gasteiger charge is -2.28. The van der Waals surface area contributed by atoms with Crippen molar-refractivity contribution in [1.29, 1.82) is 0 Å². The zero-order chi connectivity index (χ0) is 12.8. The molecule has 0 radical (unpaired) electrons. The minimum Gasteiger partial charge on any atom is -0.315 e. The quantitative estimate of drug-likeness (QED) is 0.863. The van der Waals surface area contributed by atoms with E-state index < -0.39 is 11.6 Å². The molecule has 1 fully saturated rings. The third kappa shape index (κ3) is 1.63. The van der Waals surface area contributed by atoms with Crippen LogP contribution < -0.4 is 5.32 Å². The molecular formula is C12H11F3N2S. The Morgan fingerprint density at radius 3 is 2.67 bits per heavy atom. The average molecular weight is 272 g/mol. The normalized spacial score (nSPS) is 24.8. The molecule has 0 bridgehead atoms. The summed E-state index contributed by atoms with van der Waals surface area (Å²) in [7, 11) is 0. The predicted molar refractivity (Wildman–Crippen MR) is 64.8 cm³/mol. The van der Waals surface area contributed by atoms with Gasteiger partial charge in [-0.2, -0.15) is 13.2 Å². The molecule has 1 atom stereocenters. The number of benzene rings is 1.